The average Bonchev–Trinajstić information content (AvgIpc) is 2.39. The maximum atomic E-state index is 11.4. The minimum absolute atomic E-state index is 0.482. The van der Waals surface area contributed by atoms with Crippen LogP contribution in [-0.4, -0.2) is 53.3 Å². The Kier molecular flexibility index (Phi) is 3.71. The van der Waals surface area contributed by atoms with Gasteiger partial charge in [0.25, 0.3) is 0 Å². The van der Waals surface area contributed by atoms with Gasteiger partial charge in [-0.2, -0.15) is 0 Å². The lowest BCUT2D eigenvalue weighted by Crippen LogP contribution is -2.61. The van der Waals surface area contributed by atoms with Gasteiger partial charge in [0.2, 0.25) is 0 Å². The summed E-state index contributed by atoms with van der Waals surface area (Å²) in [5.41, 5.74) is 0. The first-order valence-electron chi connectivity index (χ1n) is 7.75. The third kappa shape index (κ3) is 2.48. The van der Waals surface area contributed by atoms with Crippen molar-refractivity contribution in [3.8, 4) is 0 Å². The van der Waals surface area contributed by atoms with Gasteiger partial charge in [-0.25, -0.2) is 0 Å². The number of carbonyl (C=O) groups is 1. The predicted octanol–water partition coefficient (Wildman–Crippen LogP) is 2.06. The summed E-state index contributed by atoms with van der Waals surface area (Å²) in [4.78, 5) is 16.8. The lowest BCUT2D eigenvalue weighted by molar-refractivity contribution is -0.122. The summed E-state index contributed by atoms with van der Waals surface area (Å²) < 4.78 is 0. The van der Waals surface area contributed by atoms with Gasteiger partial charge in [0, 0.05) is 44.1 Å². The van der Waals surface area contributed by atoms with Crippen molar-refractivity contribution in [3.63, 3.8) is 0 Å². The number of ketones is 1. The molecule has 0 radical (unpaired) electrons. The molecule has 2 heterocycles. The fourth-order valence-electron chi connectivity index (χ4n) is 4.14. The lowest BCUT2D eigenvalue weighted by atomic mass is 9.89. The Morgan fingerprint density at radius 3 is 2.56 bits per heavy atom. The summed E-state index contributed by atoms with van der Waals surface area (Å²) in [5.74, 6) is 0.482. The van der Waals surface area contributed by atoms with E-state index >= 15 is 0 Å². The van der Waals surface area contributed by atoms with Crippen LogP contribution in [0.1, 0.15) is 51.9 Å². The topological polar surface area (TPSA) is 23.6 Å². The van der Waals surface area contributed by atoms with E-state index in [0.29, 0.717) is 17.9 Å². The predicted molar refractivity (Wildman–Crippen MR) is 72.6 cm³/mol. The van der Waals surface area contributed by atoms with Crippen LogP contribution in [0.15, 0.2) is 0 Å². The first kappa shape index (κ1) is 12.6. The van der Waals surface area contributed by atoms with Crippen LogP contribution < -0.4 is 0 Å². The molecular formula is C15H26N2O. The lowest BCUT2D eigenvalue weighted by Gasteiger charge is -2.50. The molecule has 0 aromatic heterocycles. The van der Waals surface area contributed by atoms with Gasteiger partial charge < -0.3 is 0 Å². The summed E-state index contributed by atoms with van der Waals surface area (Å²) in [6.07, 6.45) is 8.04. The number of rotatable bonds is 1. The van der Waals surface area contributed by atoms with E-state index in [0.717, 1.165) is 31.7 Å². The zero-order valence-electron chi connectivity index (χ0n) is 11.6. The van der Waals surface area contributed by atoms with Crippen molar-refractivity contribution in [1.29, 1.82) is 0 Å². The van der Waals surface area contributed by atoms with Crippen molar-refractivity contribution < 1.29 is 4.79 Å². The zero-order valence-corrected chi connectivity index (χ0v) is 11.6. The summed E-state index contributed by atoms with van der Waals surface area (Å²) in [7, 11) is 0. The van der Waals surface area contributed by atoms with Crippen LogP contribution in [0.4, 0.5) is 0 Å². The zero-order chi connectivity index (χ0) is 12.5. The maximum Gasteiger partial charge on any atom is 0.133 e. The summed E-state index contributed by atoms with van der Waals surface area (Å²) in [6.45, 7) is 6.18. The molecule has 0 bridgehead atoms. The van der Waals surface area contributed by atoms with Crippen LogP contribution >= 0.6 is 0 Å². The van der Waals surface area contributed by atoms with Crippen LogP contribution in [0, 0.1) is 0 Å². The molecular weight excluding hydrogens is 224 g/mol. The minimum Gasteiger partial charge on any atom is -0.300 e. The average molecular weight is 250 g/mol. The SMILES string of the molecule is CC1CN2CCCCC2CN1C1CCC(=O)CC1. The van der Waals surface area contributed by atoms with E-state index in [4.69, 9.17) is 0 Å². The highest BCUT2D eigenvalue weighted by molar-refractivity contribution is 5.79. The minimum atomic E-state index is 0.482. The molecule has 102 valence electrons. The Morgan fingerprint density at radius 1 is 1.00 bits per heavy atom. The molecule has 2 aliphatic heterocycles. The highest BCUT2D eigenvalue weighted by Crippen LogP contribution is 2.29. The summed E-state index contributed by atoms with van der Waals surface area (Å²) in [5, 5.41) is 0. The molecule has 3 heteroatoms. The maximum absolute atomic E-state index is 11.4. The highest BCUT2D eigenvalue weighted by Gasteiger charge is 2.36. The molecule has 0 aromatic rings. The van der Waals surface area contributed by atoms with Crippen molar-refractivity contribution in [2.24, 2.45) is 0 Å². The van der Waals surface area contributed by atoms with Crippen LogP contribution in [0.2, 0.25) is 0 Å². The Hall–Kier alpha value is -0.410. The van der Waals surface area contributed by atoms with E-state index in [1.165, 1.54) is 38.9 Å². The number of carbonyl (C=O) groups excluding carboxylic acids is 1. The van der Waals surface area contributed by atoms with Gasteiger partial charge in [0.15, 0.2) is 0 Å². The van der Waals surface area contributed by atoms with Gasteiger partial charge in [-0.3, -0.25) is 14.6 Å². The number of hydrogen-bond acceptors (Lipinski definition) is 3. The van der Waals surface area contributed by atoms with Crippen LogP contribution in [-0.2, 0) is 4.79 Å². The molecule has 1 aliphatic carbocycles. The van der Waals surface area contributed by atoms with Gasteiger partial charge in [-0.15, -0.1) is 0 Å². The second-order valence-electron chi connectivity index (χ2n) is 6.46. The van der Waals surface area contributed by atoms with Crippen LogP contribution in [0.5, 0.6) is 0 Å². The molecule has 0 N–H and O–H groups in total. The second-order valence-corrected chi connectivity index (χ2v) is 6.46. The molecule has 18 heavy (non-hydrogen) atoms. The Morgan fingerprint density at radius 2 is 1.78 bits per heavy atom. The quantitative estimate of drug-likeness (QED) is 0.711. The number of fused-ring (bicyclic) bond motifs is 1. The largest absolute Gasteiger partial charge is 0.300 e. The number of Topliss-reactive ketones (excluding diaryl/α,β-unsaturated/α-hetero) is 1. The van der Waals surface area contributed by atoms with E-state index in [2.05, 4.69) is 16.7 Å². The second kappa shape index (κ2) is 5.30. The van der Waals surface area contributed by atoms with E-state index < -0.39 is 0 Å². The number of nitrogens with zero attached hydrogens (tertiary/aromatic N) is 2. The number of hydrogen-bond donors (Lipinski definition) is 0. The molecule has 0 spiro atoms. The van der Waals surface area contributed by atoms with Crippen molar-refractivity contribution in [2.75, 3.05) is 19.6 Å². The first-order chi connectivity index (χ1) is 8.74. The van der Waals surface area contributed by atoms with E-state index in [1.54, 1.807) is 0 Å². The van der Waals surface area contributed by atoms with E-state index in [-0.39, 0.29) is 0 Å². The Balaban J connectivity index is 1.63. The first-order valence-corrected chi connectivity index (χ1v) is 7.75. The van der Waals surface area contributed by atoms with Crippen molar-refractivity contribution in [3.05, 3.63) is 0 Å². The number of piperazine rings is 1. The highest BCUT2D eigenvalue weighted by atomic mass is 16.1. The molecule has 3 nitrogen and oxygen atoms in total. The van der Waals surface area contributed by atoms with Gasteiger partial charge in [-0.1, -0.05) is 6.42 Å². The fraction of sp³-hybridized carbons (Fsp3) is 0.933. The molecule has 0 amide bonds. The molecule has 3 aliphatic rings. The van der Waals surface area contributed by atoms with E-state index in [1.807, 2.05) is 0 Å². The molecule has 2 unspecified atom stereocenters. The molecule has 2 saturated heterocycles. The third-order valence-electron chi connectivity index (χ3n) is 5.22. The Labute approximate surface area is 111 Å². The summed E-state index contributed by atoms with van der Waals surface area (Å²) >= 11 is 0. The Bertz CT molecular complexity index is 308. The van der Waals surface area contributed by atoms with Crippen molar-refractivity contribution in [2.45, 2.75) is 70.0 Å². The van der Waals surface area contributed by atoms with Crippen molar-refractivity contribution >= 4 is 5.78 Å². The van der Waals surface area contributed by atoms with Gasteiger partial charge in [-0.05, 0) is 39.2 Å². The fourth-order valence-corrected chi connectivity index (χ4v) is 4.14. The van der Waals surface area contributed by atoms with Gasteiger partial charge in [0.05, 0.1) is 0 Å². The third-order valence-corrected chi connectivity index (χ3v) is 5.22. The summed E-state index contributed by atoms with van der Waals surface area (Å²) in [6, 6.07) is 2.16. The van der Waals surface area contributed by atoms with E-state index in [9.17, 15) is 4.79 Å². The smallest absolute Gasteiger partial charge is 0.133 e. The molecule has 3 rings (SSSR count). The monoisotopic (exact) mass is 250 g/mol. The molecule has 3 fully saturated rings. The van der Waals surface area contributed by atoms with Gasteiger partial charge in [0.1, 0.15) is 5.78 Å². The number of piperidine rings is 1. The van der Waals surface area contributed by atoms with Crippen LogP contribution in [0.3, 0.4) is 0 Å². The standard InChI is InChI=1S/C15H26N2O/c1-12-10-16-9-3-2-4-14(16)11-17(12)13-5-7-15(18)8-6-13/h12-14H,2-11H2,1H3. The normalized spacial score (nSPS) is 36.6. The van der Waals surface area contributed by atoms with Gasteiger partial charge >= 0.3 is 0 Å². The van der Waals surface area contributed by atoms with Crippen molar-refractivity contribution in [1.82, 2.24) is 9.80 Å². The molecule has 1 saturated carbocycles. The van der Waals surface area contributed by atoms with Crippen LogP contribution in [0.25, 0.3) is 0 Å². The molecule has 2 atom stereocenters. The molecule has 0 aromatic carbocycles.